The van der Waals surface area contributed by atoms with Gasteiger partial charge in [-0.15, -0.1) is 10.2 Å². The maximum atomic E-state index is 13.9. The summed E-state index contributed by atoms with van der Waals surface area (Å²) in [6, 6.07) is 7.92. The second kappa shape index (κ2) is 9.54. The average Bonchev–Trinajstić information content (AvgIpc) is 3.49. The molecule has 5 rings (SSSR count). The van der Waals surface area contributed by atoms with Crippen LogP contribution in [0, 0.1) is 6.92 Å². The number of carbonyl (C=O) groups is 1. The van der Waals surface area contributed by atoms with E-state index >= 15 is 0 Å². The minimum atomic E-state index is -4.80. The van der Waals surface area contributed by atoms with E-state index in [2.05, 4.69) is 20.3 Å². The summed E-state index contributed by atoms with van der Waals surface area (Å²) in [7, 11) is 0. The Morgan fingerprint density at radius 2 is 1.85 bits per heavy atom. The van der Waals surface area contributed by atoms with E-state index in [0.717, 1.165) is 0 Å². The fourth-order valence-corrected chi connectivity index (χ4v) is 4.69. The lowest BCUT2D eigenvalue weighted by molar-refractivity contribution is -0.140. The summed E-state index contributed by atoms with van der Waals surface area (Å²) in [6.07, 6.45) is -3.89. The largest absolute Gasteiger partial charge is 0.444 e. The van der Waals surface area contributed by atoms with Gasteiger partial charge >= 0.3 is 12.3 Å². The highest BCUT2D eigenvalue weighted by atomic mass is 19.4. The van der Waals surface area contributed by atoms with E-state index in [1.54, 1.807) is 50.8 Å². The van der Waals surface area contributed by atoms with Crippen molar-refractivity contribution < 1.29 is 27.1 Å². The van der Waals surface area contributed by atoms with Gasteiger partial charge in [0.2, 0.25) is 5.89 Å². The molecule has 39 heavy (non-hydrogen) atoms. The van der Waals surface area contributed by atoms with Crippen molar-refractivity contribution in [3.05, 3.63) is 58.0 Å². The Kier molecular flexibility index (Phi) is 6.47. The molecule has 206 valence electrons. The smallest absolute Gasteiger partial charge is 0.435 e. The van der Waals surface area contributed by atoms with Crippen LogP contribution in [0.3, 0.4) is 0 Å². The van der Waals surface area contributed by atoms with E-state index < -0.39 is 29.1 Å². The summed E-state index contributed by atoms with van der Waals surface area (Å²) in [4.78, 5) is 30.4. The number of alkyl halides is 3. The molecular formula is C26H27F3N6O4. The van der Waals surface area contributed by atoms with Crippen LogP contribution in [0.5, 0.6) is 0 Å². The molecule has 1 N–H and O–H groups in total. The van der Waals surface area contributed by atoms with Crippen molar-refractivity contribution in [2.75, 3.05) is 13.1 Å². The number of likely N-dealkylation sites (tertiary alicyclic amines) is 1. The van der Waals surface area contributed by atoms with Crippen LogP contribution in [0.2, 0.25) is 0 Å². The van der Waals surface area contributed by atoms with Gasteiger partial charge in [-0.1, -0.05) is 30.3 Å². The van der Waals surface area contributed by atoms with Gasteiger partial charge in [-0.3, -0.25) is 4.79 Å². The van der Waals surface area contributed by atoms with E-state index in [1.807, 2.05) is 0 Å². The number of fused-ring (bicyclic) bond motifs is 1. The van der Waals surface area contributed by atoms with Gasteiger partial charge in [0.15, 0.2) is 5.69 Å². The van der Waals surface area contributed by atoms with Crippen LogP contribution < -0.4 is 5.56 Å². The molecule has 1 unspecified atom stereocenters. The lowest BCUT2D eigenvalue weighted by atomic mass is 9.98. The van der Waals surface area contributed by atoms with Crippen LogP contribution in [0.25, 0.3) is 28.2 Å². The predicted octanol–water partition coefficient (Wildman–Crippen LogP) is 5.18. The number of halogens is 3. The molecule has 0 radical (unpaired) electrons. The van der Waals surface area contributed by atoms with E-state index in [1.165, 1.54) is 12.1 Å². The van der Waals surface area contributed by atoms with Crippen molar-refractivity contribution in [2.24, 2.45) is 0 Å². The first-order valence-corrected chi connectivity index (χ1v) is 12.4. The van der Waals surface area contributed by atoms with E-state index in [9.17, 15) is 22.8 Å². The van der Waals surface area contributed by atoms with E-state index in [-0.39, 0.29) is 45.7 Å². The molecule has 1 atom stereocenters. The van der Waals surface area contributed by atoms with Gasteiger partial charge in [-0.2, -0.15) is 22.8 Å². The number of ether oxygens (including phenoxy) is 1. The fourth-order valence-electron chi connectivity index (χ4n) is 4.69. The Morgan fingerprint density at radius 1 is 1.13 bits per heavy atom. The average molecular weight is 545 g/mol. The van der Waals surface area contributed by atoms with Crippen molar-refractivity contribution in [3.8, 4) is 22.6 Å². The molecule has 0 aliphatic carbocycles. The minimum Gasteiger partial charge on any atom is -0.444 e. The summed E-state index contributed by atoms with van der Waals surface area (Å²) in [6.45, 7) is 7.71. The molecule has 10 nitrogen and oxygen atoms in total. The third-order valence-corrected chi connectivity index (χ3v) is 6.38. The van der Waals surface area contributed by atoms with Crippen LogP contribution in [0.4, 0.5) is 18.0 Å². The summed E-state index contributed by atoms with van der Waals surface area (Å²) in [5.41, 5.74) is -2.57. The Balaban J connectivity index is 1.52. The molecule has 1 amide bonds. The maximum absolute atomic E-state index is 13.9. The van der Waals surface area contributed by atoms with Crippen LogP contribution in [-0.4, -0.2) is 54.5 Å². The van der Waals surface area contributed by atoms with Gasteiger partial charge in [0.05, 0.1) is 11.5 Å². The number of nitrogens with zero attached hydrogens (tertiary/aromatic N) is 5. The molecular weight excluding hydrogens is 517 g/mol. The fraction of sp³-hybridized carbons (Fsp3) is 0.423. The lowest BCUT2D eigenvalue weighted by Crippen LogP contribution is -2.42. The minimum absolute atomic E-state index is 0.0862. The second-order valence-electron chi connectivity index (χ2n) is 10.5. The van der Waals surface area contributed by atoms with Crippen molar-refractivity contribution in [2.45, 2.75) is 58.2 Å². The highest BCUT2D eigenvalue weighted by Crippen LogP contribution is 2.38. The molecule has 1 aliphatic heterocycles. The monoisotopic (exact) mass is 544 g/mol. The molecule has 0 saturated carbocycles. The number of aryl methyl sites for hydroxylation is 1. The standard InChI is InChI=1S/C26H27F3N6O4/c1-14-17(22-32-31-21(38-22)16-11-8-12-34(13-16)24(37)39-25(2,3)4)23(36)35-20(30-14)18(15-9-6-5-7-10-15)19(33-35)26(27,28)29/h5-7,9-10,16,30H,8,11-13H2,1-4H3. The van der Waals surface area contributed by atoms with Gasteiger partial charge in [0, 0.05) is 18.8 Å². The van der Waals surface area contributed by atoms with E-state index in [4.69, 9.17) is 9.15 Å². The number of H-pyrrole nitrogens is 1. The van der Waals surface area contributed by atoms with Crippen LogP contribution in [0.1, 0.15) is 56.8 Å². The van der Waals surface area contributed by atoms with Crippen LogP contribution in [-0.2, 0) is 10.9 Å². The number of rotatable bonds is 3. The van der Waals surface area contributed by atoms with Crippen LogP contribution in [0.15, 0.2) is 39.5 Å². The third kappa shape index (κ3) is 5.12. The summed E-state index contributed by atoms with van der Waals surface area (Å²) in [5.74, 6) is -0.217. The molecule has 1 fully saturated rings. The second-order valence-corrected chi connectivity index (χ2v) is 10.5. The highest BCUT2D eigenvalue weighted by Gasteiger charge is 2.40. The van der Waals surface area contributed by atoms with Crippen molar-refractivity contribution in [3.63, 3.8) is 0 Å². The Hall–Kier alpha value is -4.16. The molecule has 1 aromatic carbocycles. The Labute approximate surface area is 220 Å². The van der Waals surface area contributed by atoms with Crippen molar-refractivity contribution >= 4 is 11.7 Å². The summed E-state index contributed by atoms with van der Waals surface area (Å²) < 4.78 is 53.8. The molecule has 0 spiro atoms. The number of amides is 1. The third-order valence-electron chi connectivity index (χ3n) is 6.38. The number of nitrogens with one attached hydrogen (secondary N) is 1. The zero-order chi connectivity index (χ0) is 28.1. The van der Waals surface area contributed by atoms with Gasteiger partial charge in [0.25, 0.3) is 11.4 Å². The molecule has 13 heteroatoms. The first-order chi connectivity index (χ1) is 18.3. The van der Waals surface area contributed by atoms with Crippen LogP contribution >= 0.6 is 0 Å². The number of carbonyl (C=O) groups excluding carboxylic acids is 1. The number of aromatic nitrogens is 5. The summed E-state index contributed by atoms with van der Waals surface area (Å²) >= 11 is 0. The number of benzene rings is 1. The van der Waals surface area contributed by atoms with Gasteiger partial charge < -0.3 is 19.0 Å². The topological polar surface area (TPSA) is 119 Å². The number of hydrogen-bond donors (Lipinski definition) is 1. The highest BCUT2D eigenvalue weighted by molar-refractivity contribution is 5.81. The van der Waals surface area contributed by atoms with Gasteiger partial charge in [0.1, 0.15) is 16.8 Å². The van der Waals surface area contributed by atoms with Crippen molar-refractivity contribution in [1.82, 2.24) is 29.7 Å². The van der Waals surface area contributed by atoms with Gasteiger partial charge in [-0.25, -0.2) is 4.79 Å². The zero-order valence-electron chi connectivity index (χ0n) is 21.8. The molecule has 4 aromatic rings. The Morgan fingerprint density at radius 3 is 2.51 bits per heavy atom. The first-order valence-electron chi connectivity index (χ1n) is 12.4. The van der Waals surface area contributed by atoms with Crippen molar-refractivity contribution in [1.29, 1.82) is 0 Å². The first kappa shape index (κ1) is 26.4. The lowest BCUT2D eigenvalue weighted by Gasteiger charge is -2.32. The maximum Gasteiger partial charge on any atom is 0.435 e. The molecule has 1 aliphatic rings. The summed E-state index contributed by atoms with van der Waals surface area (Å²) in [5, 5.41) is 11.8. The number of piperidine rings is 1. The normalized spacial score (nSPS) is 16.6. The molecule has 3 aromatic heterocycles. The molecule has 1 saturated heterocycles. The molecule has 4 heterocycles. The molecule has 0 bridgehead atoms. The number of hydrogen-bond acceptors (Lipinski definition) is 7. The number of aromatic amines is 1. The Bertz CT molecular complexity index is 1580. The van der Waals surface area contributed by atoms with E-state index in [0.29, 0.717) is 30.4 Å². The zero-order valence-corrected chi connectivity index (χ0v) is 21.8. The quantitative estimate of drug-likeness (QED) is 0.377. The SMILES string of the molecule is Cc1[nH]c2c(-c3ccccc3)c(C(F)(F)F)nn2c(=O)c1-c1nnc(C2CCCN(C(=O)OC(C)(C)C)C2)o1. The van der Waals surface area contributed by atoms with Gasteiger partial charge in [-0.05, 0) is 46.1 Å². The predicted molar refractivity (Wildman–Crippen MR) is 134 cm³/mol.